The van der Waals surface area contributed by atoms with Crippen molar-refractivity contribution < 1.29 is 19.1 Å². The molecule has 0 radical (unpaired) electrons. The van der Waals surface area contributed by atoms with E-state index in [-0.39, 0.29) is 13.2 Å². The largest absolute Gasteiger partial charge is 0.454 e. The number of aromatic nitrogens is 2. The van der Waals surface area contributed by atoms with Crippen molar-refractivity contribution in [3.8, 4) is 0 Å². The highest BCUT2D eigenvalue weighted by molar-refractivity contribution is 7.09. The Morgan fingerprint density at radius 1 is 1.50 bits per heavy atom. The SMILES string of the molecule is C=CCOC(C)C(=O)OCC(=O)Nc1ccnn1Cc1cccs1. The topological polar surface area (TPSA) is 82.4 Å². The van der Waals surface area contributed by atoms with Crippen LogP contribution in [0.2, 0.25) is 0 Å². The Bertz CT molecular complexity index is 681. The molecule has 8 heteroatoms. The molecule has 2 heterocycles. The van der Waals surface area contributed by atoms with E-state index in [4.69, 9.17) is 9.47 Å². The predicted octanol–water partition coefficient (Wildman–Crippen LogP) is 2.07. The van der Waals surface area contributed by atoms with Gasteiger partial charge in [0.1, 0.15) is 5.82 Å². The van der Waals surface area contributed by atoms with Crippen LogP contribution in [0, 0.1) is 0 Å². The molecule has 128 valence electrons. The molecule has 0 aliphatic carbocycles. The highest BCUT2D eigenvalue weighted by Gasteiger charge is 2.16. The molecule has 0 aliphatic heterocycles. The molecule has 7 nitrogen and oxygen atoms in total. The smallest absolute Gasteiger partial charge is 0.335 e. The van der Waals surface area contributed by atoms with Gasteiger partial charge in [-0.1, -0.05) is 12.1 Å². The summed E-state index contributed by atoms with van der Waals surface area (Å²) in [7, 11) is 0. The van der Waals surface area contributed by atoms with Crippen LogP contribution in [0.3, 0.4) is 0 Å². The average Bonchev–Trinajstić information content (AvgIpc) is 3.23. The molecule has 0 spiro atoms. The van der Waals surface area contributed by atoms with Gasteiger partial charge in [0.15, 0.2) is 12.7 Å². The highest BCUT2D eigenvalue weighted by Crippen LogP contribution is 2.14. The van der Waals surface area contributed by atoms with Gasteiger partial charge in [0.2, 0.25) is 0 Å². The fourth-order valence-corrected chi connectivity index (χ4v) is 2.51. The zero-order valence-corrected chi connectivity index (χ0v) is 14.1. The van der Waals surface area contributed by atoms with Gasteiger partial charge in [0, 0.05) is 10.9 Å². The summed E-state index contributed by atoms with van der Waals surface area (Å²) in [5.41, 5.74) is 0. The second kappa shape index (κ2) is 8.99. The number of thiophene rings is 1. The predicted molar refractivity (Wildman–Crippen MR) is 90.8 cm³/mol. The summed E-state index contributed by atoms with van der Waals surface area (Å²) in [4.78, 5) is 24.7. The number of nitrogens with one attached hydrogen (secondary N) is 1. The van der Waals surface area contributed by atoms with Crippen LogP contribution in [0.4, 0.5) is 5.82 Å². The van der Waals surface area contributed by atoms with Crippen molar-refractivity contribution in [2.24, 2.45) is 0 Å². The van der Waals surface area contributed by atoms with E-state index in [0.717, 1.165) is 4.88 Å². The van der Waals surface area contributed by atoms with Crippen molar-refractivity contribution in [2.75, 3.05) is 18.5 Å². The van der Waals surface area contributed by atoms with Crippen molar-refractivity contribution in [1.29, 1.82) is 0 Å². The number of hydrogen-bond acceptors (Lipinski definition) is 6. The number of rotatable bonds is 9. The number of anilines is 1. The van der Waals surface area contributed by atoms with Gasteiger partial charge in [-0.2, -0.15) is 5.10 Å². The summed E-state index contributed by atoms with van der Waals surface area (Å²) >= 11 is 1.61. The molecule has 1 atom stereocenters. The van der Waals surface area contributed by atoms with Crippen molar-refractivity contribution in [3.63, 3.8) is 0 Å². The zero-order chi connectivity index (χ0) is 17.4. The number of carbonyl (C=O) groups is 2. The number of esters is 1. The molecule has 2 aromatic heterocycles. The van der Waals surface area contributed by atoms with Crippen molar-refractivity contribution in [1.82, 2.24) is 9.78 Å². The van der Waals surface area contributed by atoms with Gasteiger partial charge >= 0.3 is 5.97 Å². The molecular weight excluding hydrogens is 330 g/mol. The fourth-order valence-electron chi connectivity index (χ4n) is 1.83. The van der Waals surface area contributed by atoms with Gasteiger partial charge in [-0.05, 0) is 18.4 Å². The second-order valence-corrected chi connectivity index (χ2v) is 5.91. The van der Waals surface area contributed by atoms with E-state index in [1.807, 2.05) is 17.5 Å². The molecule has 2 rings (SSSR count). The lowest BCUT2D eigenvalue weighted by atomic mass is 10.4. The summed E-state index contributed by atoms with van der Waals surface area (Å²) in [6, 6.07) is 5.63. The van der Waals surface area contributed by atoms with Crippen LogP contribution in [0.25, 0.3) is 0 Å². The minimum atomic E-state index is -0.750. The molecule has 0 saturated carbocycles. The first-order chi connectivity index (χ1) is 11.6. The number of nitrogens with zero attached hydrogens (tertiary/aromatic N) is 2. The number of amides is 1. The molecule has 0 aromatic carbocycles. The van der Waals surface area contributed by atoms with Crippen molar-refractivity contribution >= 4 is 29.0 Å². The third-order valence-corrected chi connectivity index (χ3v) is 3.87. The summed E-state index contributed by atoms with van der Waals surface area (Å²) in [5, 5.41) is 8.82. The fraction of sp³-hybridized carbons (Fsp3) is 0.312. The lowest BCUT2D eigenvalue weighted by Gasteiger charge is -2.12. The van der Waals surface area contributed by atoms with Crippen LogP contribution >= 0.6 is 11.3 Å². The van der Waals surface area contributed by atoms with Gasteiger partial charge in [-0.15, -0.1) is 17.9 Å². The first-order valence-electron chi connectivity index (χ1n) is 7.33. The molecular formula is C16H19N3O4S. The van der Waals surface area contributed by atoms with Crippen LogP contribution in [0.1, 0.15) is 11.8 Å². The Hall–Kier alpha value is -2.45. The zero-order valence-electron chi connectivity index (χ0n) is 13.3. The normalized spacial score (nSPS) is 11.7. The average molecular weight is 349 g/mol. The standard InChI is InChI=1S/C16H19N3O4S/c1-3-8-22-12(2)16(21)23-11-15(20)18-14-6-7-17-19(14)10-13-5-4-9-24-13/h3-7,9,12H,1,8,10-11H2,2H3,(H,18,20). The van der Waals surface area contributed by atoms with Gasteiger partial charge in [0.05, 0.1) is 19.3 Å². The maximum Gasteiger partial charge on any atom is 0.335 e. The van der Waals surface area contributed by atoms with Crippen LogP contribution in [0.5, 0.6) is 0 Å². The maximum absolute atomic E-state index is 11.9. The van der Waals surface area contributed by atoms with Gasteiger partial charge < -0.3 is 14.8 Å². The van der Waals surface area contributed by atoms with E-state index in [2.05, 4.69) is 17.0 Å². The van der Waals surface area contributed by atoms with E-state index in [1.165, 1.54) is 6.08 Å². The molecule has 0 saturated heterocycles. The Labute approximate surface area is 143 Å². The van der Waals surface area contributed by atoms with E-state index < -0.39 is 18.0 Å². The second-order valence-electron chi connectivity index (χ2n) is 4.87. The third-order valence-electron chi connectivity index (χ3n) is 3.01. The molecule has 1 unspecified atom stereocenters. The van der Waals surface area contributed by atoms with E-state index in [1.54, 1.807) is 35.2 Å². The number of carbonyl (C=O) groups excluding carboxylic acids is 2. The lowest BCUT2D eigenvalue weighted by molar-refractivity contribution is -0.157. The quantitative estimate of drug-likeness (QED) is 0.553. The lowest BCUT2D eigenvalue weighted by Crippen LogP contribution is -2.28. The molecule has 0 bridgehead atoms. The number of ether oxygens (including phenoxy) is 2. The summed E-state index contributed by atoms with van der Waals surface area (Å²) in [6.45, 7) is 5.47. The van der Waals surface area contributed by atoms with Crippen LogP contribution in [-0.4, -0.2) is 41.0 Å². The minimum absolute atomic E-state index is 0.240. The van der Waals surface area contributed by atoms with E-state index in [0.29, 0.717) is 12.4 Å². The highest BCUT2D eigenvalue weighted by atomic mass is 32.1. The summed E-state index contributed by atoms with van der Waals surface area (Å²) in [6.07, 6.45) is 2.38. The van der Waals surface area contributed by atoms with Gasteiger partial charge in [-0.3, -0.25) is 4.79 Å². The Morgan fingerprint density at radius 3 is 3.04 bits per heavy atom. The van der Waals surface area contributed by atoms with Crippen LogP contribution < -0.4 is 5.32 Å². The van der Waals surface area contributed by atoms with Gasteiger partial charge in [-0.25, -0.2) is 9.48 Å². The Balaban J connectivity index is 1.81. The van der Waals surface area contributed by atoms with Crippen molar-refractivity contribution in [3.05, 3.63) is 47.3 Å². The van der Waals surface area contributed by atoms with E-state index >= 15 is 0 Å². The first kappa shape index (κ1) is 17.9. The molecule has 1 N–H and O–H groups in total. The maximum atomic E-state index is 11.9. The molecule has 0 aliphatic rings. The minimum Gasteiger partial charge on any atom is -0.454 e. The van der Waals surface area contributed by atoms with Crippen LogP contribution in [0.15, 0.2) is 42.4 Å². The monoisotopic (exact) mass is 349 g/mol. The molecule has 24 heavy (non-hydrogen) atoms. The summed E-state index contributed by atoms with van der Waals surface area (Å²) < 4.78 is 11.7. The Kier molecular flexibility index (Phi) is 6.71. The van der Waals surface area contributed by atoms with Gasteiger partial charge in [0.25, 0.3) is 5.91 Å². The van der Waals surface area contributed by atoms with E-state index in [9.17, 15) is 9.59 Å². The van der Waals surface area contributed by atoms with Crippen LogP contribution in [-0.2, 0) is 25.6 Å². The van der Waals surface area contributed by atoms with Crippen molar-refractivity contribution in [2.45, 2.75) is 19.6 Å². The molecule has 0 fully saturated rings. The Morgan fingerprint density at radius 2 is 2.33 bits per heavy atom. The molecule has 1 amide bonds. The summed E-state index contributed by atoms with van der Waals surface area (Å²) in [5.74, 6) is -0.494. The number of hydrogen-bond donors (Lipinski definition) is 1. The first-order valence-corrected chi connectivity index (χ1v) is 8.21. The molecule has 2 aromatic rings. The third kappa shape index (κ3) is 5.32.